The molecule has 0 amide bonds. The fraction of sp³-hybridized carbons (Fsp3) is 0.600. The Morgan fingerprint density at radius 1 is 1.00 bits per heavy atom. The maximum atomic E-state index is 6.07. The predicted octanol–water partition coefficient (Wildman–Crippen LogP) is 4.73. The molecule has 19 heavy (non-hydrogen) atoms. The molecule has 1 aromatic rings. The largest absolute Gasteiger partial charge is 0.497 e. The van der Waals surface area contributed by atoms with E-state index in [1.165, 1.54) is 0 Å². The summed E-state index contributed by atoms with van der Waals surface area (Å²) >= 11 is 12.1. The molecule has 0 saturated carbocycles. The highest BCUT2D eigenvalue weighted by Crippen LogP contribution is 2.31. The zero-order valence-electron chi connectivity index (χ0n) is 11.6. The van der Waals surface area contributed by atoms with E-state index in [-0.39, 0.29) is 5.41 Å². The molecule has 1 rings (SSSR count). The molecule has 0 bridgehead atoms. The van der Waals surface area contributed by atoms with Crippen LogP contribution in [0.5, 0.6) is 11.5 Å². The molecule has 0 aliphatic carbocycles. The van der Waals surface area contributed by atoms with Gasteiger partial charge in [0.1, 0.15) is 11.5 Å². The highest BCUT2D eigenvalue weighted by atomic mass is 35.5. The van der Waals surface area contributed by atoms with Gasteiger partial charge in [0.05, 0.1) is 13.7 Å². The van der Waals surface area contributed by atoms with E-state index in [9.17, 15) is 0 Å². The normalized spacial score (nSPS) is 11.4. The molecule has 0 aromatic heterocycles. The van der Waals surface area contributed by atoms with Crippen LogP contribution in [0, 0.1) is 5.41 Å². The molecule has 0 fully saturated rings. The molecule has 0 heterocycles. The van der Waals surface area contributed by atoms with Crippen molar-refractivity contribution < 1.29 is 9.47 Å². The van der Waals surface area contributed by atoms with Crippen molar-refractivity contribution >= 4 is 23.2 Å². The third-order valence-electron chi connectivity index (χ3n) is 3.31. The summed E-state index contributed by atoms with van der Waals surface area (Å²) in [7, 11) is 1.65. The average Bonchev–Trinajstić information content (AvgIpc) is 2.47. The lowest BCUT2D eigenvalue weighted by molar-refractivity contribution is 0.221. The number of hydrogen-bond acceptors (Lipinski definition) is 2. The van der Waals surface area contributed by atoms with Crippen LogP contribution in [-0.4, -0.2) is 25.5 Å². The van der Waals surface area contributed by atoms with E-state index in [0.29, 0.717) is 18.4 Å². The molecule has 2 nitrogen and oxygen atoms in total. The predicted molar refractivity (Wildman–Crippen MR) is 81.9 cm³/mol. The molecule has 0 N–H and O–H groups in total. The summed E-state index contributed by atoms with van der Waals surface area (Å²) in [5, 5.41) is 0. The van der Waals surface area contributed by atoms with Gasteiger partial charge in [0.25, 0.3) is 0 Å². The summed E-state index contributed by atoms with van der Waals surface area (Å²) < 4.78 is 10.8. The zero-order chi connectivity index (χ0) is 14.1. The summed E-state index contributed by atoms with van der Waals surface area (Å²) in [6.07, 6.45) is 2.99. The summed E-state index contributed by atoms with van der Waals surface area (Å²) in [4.78, 5) is 0. The third kappa shape index (κ3) is 5.12. The van der Waals surface area contributed by atoms with E-state index in [1.54, 1.807) is 7.11 Å². The molecule has 0 aliphatic heterocycles. The highest BCUT2D eigenvalue weighted by molar-refractivity contribution is 6.21. The smallest absolute Gasteiger partial charge is 0.119 e. The number of methoxy groups -OCH3 is 1. The quantitative estimate of drug-likeness (QED) is 0.614. The minimum absolute atomic E-state index is 0.00959. The standard InChI is InChI=1S/C15H22Cl2O2/c1-3-8-15(11-16,12-17)9-10-19-14-6-4-13(18-2)5-7-14/h4-7H,3,8-12H2,1-2H3. The van der Waals surface area contributed by atoms with Gasteiger partial charge in [-0.3, -0.25) is 0 Å². The molecule has 0 atom stereocenters. The SMILES string of the molecule is CCCC(CCl)(CCl)CCOc1ccc(OC)cc1. The van der Waals surface area contributed by atoms with E-state index in [0.717, 1.165) is 30.8 Å². The Morgan fingerprint density at radius 3 is 2.05 bits per heavy atom. The van der Waals surface area contributed by atoms with Crippen molar-refractivity contribution in [2.75, 3.05) is 25.5 Å². The molecule has 0 radical (unpaired) electrons. The van der Waals surface area contributed by atoms with Crippen molar-refractivity contribution in [3.8, 4) is 11.5 Å². The molecule has 1 aromatic carbocycles. The second-order valence-electron chi connectivity index (χ2n) is 4.79. The minimum atomic E-state index is -0.00959. The Balaban J connectivity index is 2.46. The van der Waals surface area contributed by atoms with Gasteiger partial charge in [-0.2, -0.15) is 0 Å². The van der Waals surface area contributed by atoms with Crippen LogP contribution in [0.3, 0.4) is 0 Å². The number of ether oxygens (including phenoxy) is 2. The Labute approximate surface area is 126 Å². The second-order valence-corrected chi connectivity index (χ2v) is 5.33. The monoisotopic (exact) mass is 304 g/mol. The van der Waals surface area contributed by atoms with Gasteiger partial charge < -0.3 is 9.47 Å². The van der Waals surface area contributed by atoms with E-state index in [1.807, 2.05) is 24.3 Å². The molecule has 0 aliphatic rings. The van der Waals surface area contributed by atoms with Gasteiger partial charge in [-0.25, -0.2) is 0 Å². The lowest BCUT2D eigenvalue weighted by atomic mass is 9.84. The second kappa shape index (κ2) is 8.55. The fourth-order valence-corrected chi connectivity index (χ4v) is 2.84. The number of hydrogen-bond donors (Lipinski definition) is 0. The number of alkyl halides is 2. The highest BCUT2D eigenvalue weighted by Gasteiger charge is 2.27. The van der Waals surface area contributed by atoms with Crippen molar-refractivity contribution in [3.63, 3.8) is 0 Å². The fourth-order valence-electron chi connectivity index (χ4n) is 2.02. The van der Waals surface area contributed by atoms with Crippen molar-refractivity contribution in [1.82, 2.24) is 0 Å². The van der Waals surface area contributed by atoms with Gasteiger partial charge in [0, 0.05) is 17.2 Å². The lowest BCUT2D eigenvalue weighted by Crippen LogP contribution is -2.27. The van der Waals surface area contributed by atoms with Crippen LogP contribution in [0.1, 0.15) is 26.2 Å². The third-order valence-corrected chi connectivity index (χ3v) is 4.44. The van der Waals surface area contributed by atoms with Crippen LogP contribution < -0.4 is 9.47 Å². The Morgan fingerprint density at radius 2 is 1.58 bits per heavy atom. The van der Waals surface area contributed by atoms with Crippen LogP contribution in [-0.2, 0) is 0 Å². The first-order valence-corrected chi connectivity index (χ1v) is 7.65. The Bertz CT molecular complexity index is 348. The lowest BCUT2D eigenvalue weighted by Gasteiger charge is -2.29. The van der Waals surface area contributed by atoms with Gasteiger partial charge in [0.15, 0.2) is 0 Å². The topological polar surface area (TPSA) is 18.5 Å². The molecule has 0 unspecified atom stereocenters. The van der Waals surface area contributed by atoms with Gasteiger partial charge in [0.2, 0.25) is 0 Å². The van der Waals surface area contributed by atoms with Gasteiger partial charge in [-0.05, 0) is 37.1 Å². The zero-order valence-corrected chi connectivity index (χ0v) is 13.1. The molecule has 0 saturated heterocycles. The van der Waals surface area contributed by atoms with E-state index in [2.05, 4.69) is 6.92 Å². The summed E-state index contributed by atoms with van der Waals surface area (Å²) in [6, 6.07) is 7.58. The van der Waals surface area contributed by atoms with Crippen LogP contribution in [0.15, 0.2) is 24.3 Å². The Kier molecular flexibility index (Phi) is 7.40. The molecule has 4 heteroatoms. The van der Waals surface area contributed by atoms with Crippen LogP contribution >= 0.6 is 23.2 Å². The minimum Gasteiger partial charge on any atom is -0.497 e. The van der Waals surface area contributed by atoms with Crippen molar-refractivity contribution in [2.45, 2.75) is 26.2 Å². The summed E-state index contributed by atoms with van der Waals surface area (Å²) in [5.41, 5.74) is -0.00959. The molecule has 0 spiro atoms. The van der Waals surface area contributed by atoms with Gasteiger partial charge in [-0.15, -0.1) is 23.2 Å². The molecule has 108 valence electrons. The maximum Gasteiger partial charge on any atom is 0.119 e. The van der Waals surface area contributed by atoms with Crippen molar-refractivity contribution in [1.29, 1.82) is 0 Å². The molecular weight excluding hydrogens is 283 g/mol. The van der Waals surface area contributed by atoms with Gasteiger partial charge in [-0.1, -0.05) is 13.3 Å². The number of benzene rings is 1. The Hall–Kier alpha value is -0.600. The van der Waals surface area contributed by atoms with Crippen LogP contribution in [0.2, 0.25) is 0 Å². The van der Waals surface area contributed by atoms with Crippen molar-refractivity contribution in [2.24, 2.45) is 5.41 Å². The van der Waals surface area contributed by atoms with Crippen LogP contribution in [0.4, 0.5) is 0 Å². The first-order chi connectivity index (χ1) is 9.19. The van der Waals surface area contributed by atoms with E-state index >= 15 is 0 Å². The maximum absolute atomic E-state index is 6.07. The van der Waals surface area contributed by atoms with Crippen molar-refractivity contribution in [3.05, 3.63) is 24.3 Å². The summed E-state index contributed by atoms with van der Waals surface area (Å²) in [6.45, 7) is 2.78. The first kappa shape index (κ1) is 16.5. The first-order valence-electron chi connectivity index (χ1n) is 6.58. The average molecular weight is 305 g/mol. The number of halogens is 2. The molecular formula is C15H22Cl2O2. The van der Waals surface area contributed by atoms with Crippen LogP contribution in [0.25, 0.3) is 0 Å². The van der Waals surface area contributed by atoms with Gasteiger partial charge >= 0.3 is 0 Å². The number of rotatable bonds is 9. The van der Waals surface area contributed by atoms with E-state index < -0.39 is 0 Å². The van der Waals surface area contributed by atoms with E-state index in [4.69, 9.17) is 32.7 Å². The summed E-state index contributed by atoms with van der Waals surface area (Å²) in [5.74, 6) is 2.83.